The van der Waals surface area contributed by atoms with Crippen LogP contribution in [-0.2, 0) is 4.74 Å². The highest BCUT2D eigenvalue weighted by molar-refractivity contribution is 5.18. The van der Waals surface area contributed by atoms with Gasteiger partial charge in [-0.3, -0.25) is 0 Å². The molecule has 1 saturated carbocycles. The summed E-state index contributed by atoms with van der Waals surface area (Å²) in [6.07, 6.45) is 5.50. The normalized spacial score (nSPS) is 18.4. The number of hydrogen-bond donors (Lipinski definition) is 1. The lowest BCUT2D eigenvalue weighted by Crippen LogP contribution is -2.23. The maximum absolute atomic E-state index is 5.86. The smallest absolute Gasteiger partial charge is 0.0661 e. The Balaban J connectivity index is 1.75. The van der Waals surface area contributed by atoms with E-state index in [0.29, 0.717) is 6.04 Å². The van der Waals surface area contributed by atoms with Crippen LogP contribution in [0.5, 0.6) is 0 Å². The van der Waals surface area contributed by atoms with Crippen molar-refractivity contribution in [1.29, 1.82) is 0 Å². The Hall–Kier alpha value is -0.860. The van der Waals surface area contributed by atoms with Crippen molar-refractivity contribution in [3.8, 4) is 0 Å². The molecule has 1 fully saturated rings. The van der Waals surface area contributed by atoms with Gasteiger partial charge in [0.1, 0.15) is 0 Å². The van der Waals surface area contributed by atoms with E-state index in [1.165, 1.54) is 31.2 Å². The topological polar surface area (TPSA) is 21.3 Å². The first kappa shape index (κ1) is 12.6. The molecule has 0 bridgehead atoms. The fourth-order valence-corrected chi connectivity index (χ4v) is 2.56. The largest absolute Gasteiger partial charge is 0.379 e. The molecule has 17 heavy (non-hydrogen) atoms. The maximum atomic E-state index is 5.86. The third-order valence-corrected chi connectivity index (χ3v) is 3.66. The lowest BCUT2D eigenvalue weighted by atomic mass is 10.1. The number of hydrogen-bond acceptors (Lipinski definition) is 2. The Morgan fingerprint density at radius 3 is 2.59 bits per heavy atom. The van der Waals surface area contributed by atoms with Crippen LogP contribution in [0.25, 0.3) is 0 Å². The van der Waals surface area contributed by atoms with Crippen LogP contribution >= 0.6 is 0 Å². The number of rotatable bonds is 6. The molecular weight excluding hydrogens is 210 g/mol. The summed E-state index contributed by atoms with van der Waals surface area (Å²) in [4.78, 5) is 0. The summed E-state index contributed by atoms with van der Waals surface area (Å²) in [5, 5.41) is 3.32. The number of ether oxygens (including phenoxy) is 1. The second-order valence-electron chi connectivity index (χ2n) is 4.94. The highest BCUT2D eigenvalue weighted by Crippen LogP contribution is 2.25. The zero-order valence-electron chi connectivity index (χ0n) is 10.7. The van der Waals surface area contributed by atoms with Crippen molar-refractivity contribution in [3.05, 3.63) is 35.9 Å². The van der Waals surface area contributed by atoms with Crippen LogP contribution in [0.2, 0.25) is 0 Å². The van der Waals surface area contributed by atoms with E-state index in [0.717, 1.165) is 19.1 Å². The number of nitrogens with one attached hydrogen (secondary N) is 1. The van der Waals surface area contributed by atoms with Crippen LogP contribution in [0.1, 0.15) is 37.3 Å². The molecule has 1 N–H and O–H groups in total. The van der Waals surface area contributed by atoms with Crippen molar-refractivity contribution in [2.24, 2.45) is 5.92 Å². The van der Waals surface area contributed by atoms with Gasteiger partial charge in [0.05, 0.1) is 12.6 Å². The monoisotopic (exact) mass is 233 g/mol. The van der Waals surface area contributed by atoms with Crippen molar-refractivity contribution < 1.29 is 4.74 Å². The predicted molar refractivity (Wildman–Crippen MR) is 71.0 cm³/mol. The molecule has 0 spiro atoms. The van der Waals surface area contributed by atoms with Gasteiger partial charge in [0.15, 0.2) is 0 Å². The van der Waals surface area contributed by atoms with Gasteiger partial charge in [0, 0.05) is 6.61 Å². The van der Waals surface area contributed by atoms with E-state index in [4.69, 9.17) is 4.74 Å². The van der Waals surface area contributed by atoms with Gasteiger partial charge < -0.3 is 10.1 Å². The Bertz CT molecular complexity index is 306. The Morgan fingerprint density at radius 1 is 1.24 bits per heavy atom. The maximum Gasteiger partial charge on any atom is 0.0661 e. The standard InChI is InChI=1S/C15H23NO/c1-16-15(14-9-3-2-4-10-14)12-17-11-13-7-5-6-8-13/h2-4,9-10,13,15-16H,5-8,11-12H2,1H3. The van der Waals surface area contributed by atoms with Gasteiger partial charge in [-0.05, 0) is 31.4 Å². The van der Waals surface area contributed by atoms with Crippen LogP contribution in [0.15, 0.2) is 30.3 Å². The summed E-state index contributed by atoms with van der Waals surface area (Å²) in [5.74, 6) is 0.809. The minimum Gasteiger partial charge on any atom is -0.379 e. The van der Waals surface area contributed by atoms with Gasteiger partial charge in [-0.15, -0.1) is 0 Å². The average Bonchev–Trinajstić information content (AvgIpc) is 2.89. The molecule has 0 heterocycles. The molecule has 1 aromatic carbocycles. The summed E-state index contributed by atoms with van der Waals surface area (Å²) in [6.45, 7) is 1.71. The third kappa shape index (κ3) is 3.83. The third-order valence-electron chi connectivity index (χ3n) is 3.66. The molecule has 0 amide bonds. The summed E-state index contributed by atoms with van der Waals surface area (Å²) in [6, 6.07) is 10.8. The average molecular weight is 233 g/mol. The molecule has 94 valence electrons. The summed E-state index contributed by atoms with van der Waals surface area (Å²) in [7, 11) is 2.00. The van der Waals surface area contributed by atoms with Gasteiger partial charge in [-0.1, -0.05) is 43.2 Å². The lowest BCUT2D eigenvalue weighted by Gasteiger charge is -2.18. The van der Waals surface area contributed by atoms with Crippen LogP contribution in [-0.4, -0.2) is 20.3 Å². The second kappa shape index (κ2) is 6.77. The van der Waals surface area contributed by atoms with Crippen molar-refractivity contribution >= 4 is 0 Å². The van der Waals surface area contributed by atoms with Crippen molar-refractivity contribution in [2.45, 2.75) is 31.7 Å². The van der Waals surface area contributed by atoms with E-state index >= 15 is 0 Å². The molecule has 2 rings (SSSR count). The molecule has 1 atom stereocenters. The first-order valence-corrected chi connectivity index (χ1v) is 6.70. The van der Waals surface area contributed by atoms with E-state index in [1.807, 2.05) is 7.05 Å². The van der Waals surface area contributed by atoms with Gasteiger partial charge >= 0.3 is 0 Å². The molecule has 2 heteroatoms. The first-order valence-electron chi connectivity index (χ1n) is 6.70. The van der Waals surface area contributed by atoms with E-state index in [9.17, 15) is 0 Å². The van der Waals surface area contributed by atoms with Crippen molar-refractivity contribution in [1.82, 2.24) is 5.32 Å². The molecule has 1 unspecified atom stereocenters. The quantitative estimate of drug-likeness (QED) is 0.815. The molecule has 1 aromatic rings. The summed E-state index contributed by atoms with van der Waals surface area (Å²) >= 11 is 0. The zero-order valence-corrected chi connectivity index (χ0v) is 10.7. The molecule has 0 aliphatic heterocycles. The number of likely N-dealkylation sites (N-methyl/N-ethyl adjacent to an activating group) is 1. The highest BCUT2D eigenvalue weighted by atomic mass is 16.5. The fourth-order valence-electron chi connectivity index (χ4n) is 2.56. The van der Waals surface area contributed by atoms with Gasteiger partial charge in [-0.25, -0.2) is 0 Å². The van der Waals surface area contributed by atoms with E-state index in [2.05, 4.69) is 35.6 Å². The zero-order chi connectivity index (χ0) is 11.9. The van der Waals surface area contributed by atoms with Crippen LogP contribution in [0.4, 0.5) is 0 Å². The van der Waals surface area contributed by atoms with Gasteiger partial charge in [0.2, 0.25) is 0 Å². The van der Waals surface area contributed by atoms with E-state index < -0.39 is 0 Å². The van der Waals surface area contributed by atoms with Crippen LogP contribution < -0.4 is 5.32 Å². The fraction of sp³-hybridized carbons (Fsp3) is 0.600. The minimum atomic E-state index is 0.317. The molecule has 0 radical (unpaired) electrons. The second-order valence-corrected chi connectivity index (χ2v) is 4.94. The molecule has 0 aromatic heterocycles. The molecule has 2 nitrogen and oxygen atoms in total. The van der Waals surface area contributed by atoms with Crippen LogP contribution in [0, 0.1) is 5.92 Å². The van der Waals surface area contributed by atoms with Crippen molar-refractivity contribution in [3.63, 3.8) is 0 Å². The SMILES string of the molecule is CNC(COCC1CCCC1)c1ccccc1. The summed E-state index contributed by atoms with van der Waals surface area (Å²) < 4.78 is 5.86. The number of benzene rings is 1. The Morgan fingerprint density at radius 2 is 1.94 bits per heavy atom. The Labute approximate surface area is 104 Å². The highest BCUT2D eigenvalue weighted by Gasteiger charge is 2.16. The van der Waals surface area contributed by atoms with Gasteiger partial charge in [0.25, 0.3) is 0 Å². The van der Waals surface area contributed by atoms with Gasteiger partial charge in [-0.2, -0.15) is 0 Å². The molecule has 0 saturated heterocycles. The Kier molecular flexibility index (Phi) is 5.02. The lowest BCUT2D eigenvalue weighted by molar-refractivity contribution is 0.0844. The predicted octanol–water partition coefficient (Wildman–Crippen LogP) is 3.15. The van der Waals surface area contributed by atoms with E-state index in [1.54, 1.807) is 0 Å². The van der Waals surface area contributed by atoms with Crippen molar-refractivity contribution in [2.75, 3.05) is 20.3 Å². The molecule has 1 aliphatic carbocycles. The molecular formula is C15H23NO. The first-order chi connectivity index (χ1) is 8.40. The van der Waals surface area contributed by atoms with Crippen LogP contribution in [0.3, 0.4) is 0 Å². The van der Waals surface area contributed by atoms with E-state index in [-0.39, 0.29) is 0 Å². The minimum absolute atomic E-state index is 0.317. The summed E-state index contributed by atoms with van der Waals surface area (Å²) in [5.41, 5.74) is 1.31. The molecule has 1 aliphatic rings.